The first kappa shape index (κ1) is 18.0. The number of likely N-dealkylation sites (tertiary alicyclic amines) is 1. The lowest BCUT2D eigenvalue weighted by Gasteiger charge is -2.41. The Morgan fingerprint density at radius 2 is 2.17 bits per heavy atom. The van der Waals surface area contributed by atoms with Gasteiger partial charge in [0.1, 0.15) is 11.9 Å². The largest absolute Gasteiger partial charge is 0.669 e. The van der Waals surface area contributed by atoms with Gasteiger partial charge in [-0.25, -0.2) is 4.98 Å². The molecule has 1 aromatic carbocycles. The summed E-state index contributed by atoms with van der Waals surface area (Å²) in [6.07, 6.45) is 3.43. The average molecular weight is 399 g/mol. The molecule has 0 unspecified atom stereocenters. The highest BCUT2D eigenvalue weighted by molar-refractivity contribution is 6.62. The summed E-state index contributed by atoms with van der Waals surface area (Å²) in [6.45, 7) is -2.48. The molecular formula is C18H18BN3O7-2. The standard InChI is InChI=1S/C18H19BN3O7/c23-15(3-9-5-20-8-21-9)22-6-10(7-22)28-14-2-1-11-12-4-13(12)19(26,27)29-17(11)16(14)18(24)25/h1-2,5,8,10,12-13,26-27H,3-4,6-7H2,(H,20,21)(H,24,25)/q-1/p-1/t12-,13-/m1/s1. The number of aromatic amines is 1. The van der Waals surface area contributed by atoms with Crippen molar-refractivity contribution in [2.45, 2.75) is 30.7 Å². The van der Waals surface area contributed by atoms with Crippen LogP contribution in [0.3, 0.4) is 0 Å². The summed E-state index contributed by atoms with van der Waals surface area (Å²) >= 11 is 0. The Labute approximate surface area is 165 Å². The molecule has 11 heteroatoms. The number of aromatic carboxylic acids is 1. The van der Waals surface area contributed by atoms with E-state index in [-0.39, 0.29) is 41.4 Å². The zero-order chi connectivity index (χ0) is 20.3. The lowest BCUT2D eigenvalue weighted by Crippen LogP contribution is -2.56. The second-order valence-electron chi connectivity index (χ2n) is 7.82. The quantitative estimate of drug-likeness (QED) is 0.530. The smallest absolute Gasteiger partial charge is 0.434 e. The normalized spacial score (nSPS) is 24.0. The van der Waals surface area contributed by atoms with E-state index in [2.05, 4.69) is 9.97 Å². The number of carbonyl (C=O) groups excluding carboxylic acids is 2. The van der Waals surface area contributed by atoms with Gasteiger partial charge >= 0.3 is 6.75 Å². The first-order valence-corrected chi connectivity index (χ1v) is 9.41. The van der Waals surface area contributed by atoms with Crippen LogP contribution < -0.4 is 14.5 Å². The first-order chi connectivity index (χ1) is 13.8. The molecule has 1 saturated heterocycles. The summed E-state index contributed by atoms with van der Waals surface area (Å²) in [5.41, 5.74) is 0.999. The van der Waals surface area contributed by atoms with Crippen LogP contribution >= 0.6 is 0 Å². The number of amides is 1. The number of H-pyrrole nitrogens is 1. The number of benzene rings is 1. The van der Waals surface area contributed by atoms with Crippen molar-refractivity contribution in [2.24, 2.45) is 0 Å². The molecule has 5 rings (SSSR count). The second kappa shape index (κ2) is 6.23. The summed E-state index contributed by atoms with van der Waals surface area (Å²) in [5.74, 6) is -2.23. The maximum absolute atomic E-state index is 12.2. The number of nitrogens with zero attached hydrogens (tertiary/aromatic N) is 2. The van der Waals surface area contributed by atoms with E-state index >= 15 is 0 Å². The molecule has 1 aliphatic carbocycles. The fourth-order valence-corrected chi connectivity index (χ4v) is 4.16. The molecule has 10 nitrogen and oxygen atoms in total. The van der Waals surface area contributed by atoms with E-state index in [0.29, 0.717) is 30.8 Å². The van der Waals surface area contributed by atoms with Crippen LogP contribution in [-0.4, -0.2) is 62.7 Å². The van der Waals surface area contributed by atoms with E-state index in [0.717, 1.165) is 0 Å². The van der Waals surface area contributed by atoms with Gasteiger partial charge in [0, 0.05) is 11.9 Å². The predicted octanol–water partition coefficient (Wildman–Crippen LogP) is -1.22. The Hall–Kier alpha value is -3.05. The van der Waals surface area contributed by atoms with E-state index in [1.54, 1.807) is 17.2 Å². The highest BCUT2D eigenvalue weighted by atomic mass is 16.6. The molecule has 0 bridgehead atoms. The summed E-state index contributed by atoms with van der Waals surface area (Å²) in [4.78, 5) is 32.3. The van der Waals surface area contributed by atoms with Gasteiger partial charge in [0.2, 0.25) is 5.91 Å². The van der Waals surface area contributed by atoms with Crippen molar-refractivity contribution < 1.29 is 34.1 Å². The number of hydrogen-bond acceptors (Lipinski definition) is 8. The van der Waals surface area contributed by atoms with Gasteiger partial charge in [-0.3, -0.25) is 4.79 Å². The van der Waals surface area contributed by atoms with E-state index in [9.17, 15) is 24.7 Å². The molecule has 29 heavy (non-hydrogen) atoms. The fraction of sp³-hybridized carbons (Fsp3) is 0.389. The highest BCUT2D eigenvalue weighted by Gasteiger charge is 2.55. The number of carboxylic acid groups (broad SMARTS) is 1. The number of imidazole rings is 1. The zero-order valence-electron chi connectivity index (χ0n) is 15.3. The van der Waals surface area contributed by atoms with Crippen LogP contribution in [0.1, 0.15) is 34.0 Å². The van der Waals surface area contributed by atoms with Crippen LogP contribution in [0.15, 0.2) is 24.7 Å². The molecule has 2 aromatic rings. The molecule has 3 N–H and O–H groups in total. The molecule has 1 saturated carbocycles. The number of carboxylic acids is 1. The van der Waals surface area contributed by atoms with Crippen molar-refractivity contribution in [3.8, 4) is 11.5 Å². The molecule has 1 amide bonds. The van der Waals surface area contributed by atoms with Gasteiger partial charge in [0.25, 0.3) is 0 Å². The second-order valence-corrected chi connectivity index (χ2v) is 7.82. The number of nitrogens with one attached hydrogen (secondary N) is 1. The van der Waals surface area contributed by atoms with Gasteiger partial charge < -0.3 is 39.2 Å². The van der Waals surface area contributed by atoms with E-state index in [1.807, 2.05) is 0 Å². The predicted molar refractivity (Wildman–Crippen MR) is 96.0 cm³/mol. The van der Waals surface area contributed by atoms with Gasteiger partial charge in [0.05, 0.1) is 43.1 Å². The van der Waals surface area contributed by atoms with Crippen LogP contribution in [0.5, 0.6) is 11.5 Å². The third kappa shape index (κ3) is 3.02. The van der Waals surface area contributed by atoms with Crippen LogP contribution in [0.25, 0.3) is 0 Å². The number of carbonyl (C=O) groups is 2. The summed E-state index contributed by atoms with van der Waals surface area (Å²) in [5, 5.41) is 31.9. The minimum Gasteiger partial charge on any atom is -0.669 e. The Bertz CT molecular complexity index is 988. The molecule has 2 atom stereocenters. The summed E-state index contributed by atoms with van der Waals surface area (Å²) < 4.78 is 11.0. The van der Waals surface area contributed by atoms with E-state index < -0.39 is 18.5 Å². The van der Waals surface area contributed by atoms with Crippen LogP contribution in [-0.2, 0) is 11.2 Å². The third-order valence-corrected chi connectivity index (χ3v) is 5.83. The molecule has 2 aliphatic heterocycles. The molecule has 0 radical (unpaired) electrons. The van der Waals surface area contributed by atoms with Gasteiger partial charge in [-0.2, -0.15) is 0 Å². The van der Waals surface area contributed by atoms with Crippen molar-refractivity contribution in [1.82, 2.24) is 14.9 Å². The number of rotatable bonds is 5. The number of hydrogen-bond donors (Lipinski definition) is 3. The summed E-state index contributed by atoms with van der Waals surface area (Å²) in [7, 11) is 0. The molecule has 152 valence electrons. The molecule has 1 aromatic heterocycles. The van der Waals surface area contributed by atoms with Gasteiger partial charge in [-0.05, 0) is 17.5 Å². The molecule has 3 heterocycles. The Morgan fingerprint density at radius 3 is 2.86 bits per heavy atom. The van der Waals surface area contributed by atoms with Gasteiger partial charge in [-0.15, -0.1) is 0 Å². The van der Waals surface area contributed by atoms with Crippen molar-refractivity contribution in [3.63, 3.8) is 0 Å². The molecular weight excluding hydrogens is 381 g/mol. The Balaban J connectivity index is 1.30. The van der Waals surface area contributed by atoms with Crippen molar-refractivity contribution in [1.29, 1.82) is 0 Å². The number of aromatic nitrogens is 2. The van der Waals surface area contributed by atoms with Gasteiger partial charge in [0.15, 0.2) is 0 Å². The number of ether oxygens (including phenoxy) is 1. The van der Waals surface area contributed by atoms with Gasteiger partial charge in [-0.1, -0.05) is 18.3 Å². The van der Waals surface area contributed by atoms with Crippen molar-refractivity contribution >= 4 is 18.6 Å². The van der Waals surface area contributed by atoms with Crippen molar-refractivity contribution in [3.05, 3.63) is 41.5 Å². The lowest BCUT2D eigenvalue weighted by atomic mass is 9.68. The van der Waals surface area contributed by atoms with Crippen LogP contribution in [0.4, 0.5) is 0 Å². The summed E-state index contributed by atoms with van der Waals surface area (Å²) in [6, 6.07) is 3.22. The number of fused-ring (bicyclic) bond motifs is 3. The first-order valence-electron chi connectivity index (χ1n) is 9.41. The van der Waals surface area contributed by atoms with Crippen molar-refractivity contribution in [2.75, 3.05) is 13.1 Å². The minimum atomic E-state index is -3.11. The highest BCUT2D eigenvalue weighted by Crippen LogP contribution is 2.63. The molecule has 2 fully saturated rings. The molecule has 3 aliphatic rings. The topological polar surface area (TPSA) is 148 Å². The van der Waals surface area contributed by atoms with Crippen LogP contribution in [0.2, 0.25) is 5.82 Å². The SMILES string of the molecule is O=C([O-])c1c(OC2CN(C(=O)Cc3cnc[nH]3)C2)ccc2c1O[B-](O)(O)[C@@H]1C[C@H]21. The fourth-order valence-electron chi connectivity index (χ4n) is 4.16. The Morgan fingerprint density at radius 1 is 1.38 bits per heavy atom. The zero-order valence-corrected chi connectivity index (χ0v) is 15.3. The lowest BCUT2D eigenvalue weighted by molar-refractivity contribution is -0.255. The Kier molecular flexibility index (Phi) is 3.87. The molecule has 0 spiro atoms. The monoisotopic (exact) mass is 399 g/mol. The van der Waals surface area contributed by atoms with E-state index in [4.69, 9.17) is 9.39 Å². The maximum Gasteiger partial charge on any atom is 0.434 e. The third-order valence-electron chi connectivity index (χ3n) is 5.83. The maximum atomic E-state index is 12.2. The average Bonchev–Trinajstić information content (AvgIpc) is 3.28. The van der Waals surface area contributed by atoms with E-state index in [1.165, 1.54) is 12.4 Å². The van der Waals surface area contributed by atoms with Crippen LogP contribution in [0, 0.1) is 0 Å². The minimum absolute atomic E-state index is 0.0279.